The van der Waals surface area contributed by atoms with Gasteiger partial charge in [0.05, 0.1) is 11.9 Å². The fourth-order valence-corrected chi connectivity index (χ4v) is 4.85. The van der Waals surface area contributed by atoms with Gasteiger partial charge in [0.2, 0.25) is 10.0 Å². The number of sulfonamides is 1. The van der Waals surface area contributed by atoms with Crippen molar-refractivity contribution in [1.29, 1.82) is 0 Å². The molecule has 144 valence electrons. The Labute approximate surface area is 161 Å². The molecule has 5 nitrogen and oxygen atoms in total. The van der Waals surface area contributed by atoms with Gasteiger partial charge in [-0.15, -0.1) is 0 Å². The molecule has 0 saturated carbocycles. The molecule has 1 amide bonds. The van der Waals surface area contributed by atoms with Gasteiger partial charge in [-0.1, -0.05) is 25.5 Å². The summed E-state index contributed by atoms with van der Waals surface area (Å²) in [5, 5.41) is 2.91. The molecule has 1 atom stereocenters. The number of anilines is 2. The first kappa shape index (κ1) is 19.4. The minimum Gasteiger partial charge on any atom is -0.322 e. The SMILES string of the molecule is CCCCc1ccc(NC(=O)c2ccc3c(c2)C[C@@H](C)N3S(C)(=O)=O)cc1. The van der Waals surface area contributed by atoms with E-state index in [0.717, 1.165) is 30.5 Å². The van der Waals surface area contributed by atoms with Crippen molar-refractivity contribution in [3.8, 4) is 0 Å². The van der Waals surface area contributed by atoms with Crippen LogP contribution in [0.3, 0.4) is 0 Å². The van der Waals surface area contributed by atoms with Crippen LogP contribution in [-0.4, -0.2) is 26.6 Å². The quantitative estimate of drug-likeness (QED) is 0.816. The number of hydrogen-bond donors (Lipinski definition) is 1. The Kier molecular flexibility index (Phi) is 5.56. The van der Waals surface area contributed by atoms with Gasteiger partial charge >= 0.3 is 0 Å². The largest absolute Gasteiger partial charge is 0.322 e. The topological polar surface area (TPSA) is 66.5 Å². The summed E-state index contributed by atoms with van der Waals surface area (Å²) in [6.07, 6.45) is 5.18. The number of amides is 1. The van der Waals surface area contributed by atoms with Crippen LogP contribution in [-0.2, 0) is 22.9 Å². The molecule has 2 aromatic carbocycles. The van der Waals surface area contributed by atoms with E-state index in [1.54, 1.807) is 18.2 Å². The average molecular weight is 387 g/mol. The summed E-state index contributed by atoms with van der Waals surface area (Å²) >= 11 is 0. The van der Waals surface area contributed by atoms with Gasteiger partial charge in [0.15, 0.2) is 0 Å². The van der Waals surface area contributed by atoms with Gasteiger partial charge in [-0.05, 0) is 67.6 Å². The molecule has 6 heteroatoms. The predicted molar refractivity (Wildman–Crippen MR) is 110 cm³/mol. The minimum atomic E-state index is -3.32. The van der Waals surface area contributed by atoms with Crippen LogP contribution in [0.15, 0.2) is 42.5 Å². The molecule has 0 aromatic heterocycles. The molecule has 0 aliphatic carbocycles. The maximum atomic E-state index is 12.6. The molecule has 1 N–H and O–H groups in total. The number of nitrogens with zero attached hydrogens (tertiary/aromatic N) is 1. The first-order valence-corrected chi connectivity index (χ1v) is 11.2. The maximum Gasteiger partial charge on any atom is 0.255 e. The molecule has 0 saturated heterocycles. The fraction of sp³-hybridized carbons (Fsp3) is 0.381. The molecule has 2 aromatic rings. The monoisotopic (exact) mass is 386 g/mol. The molecular weight excluding hydrogens is 360 g/mol. The number of nitrogens with one attached hydrogen (secondary N) is 1. The number of rotatable bonds is 6. The van der Waals surface area contributed by atoms with Crippen molar-refractivity contribution in [2.24, 2.45) is 0 Å². The highest BCUT2D eigenvalue weighted by Gasteiger charge is 2.32. The van der Waals surface area contributed by atoms with Crippen molar-refractivity contribution in [3.63, 3.8) is 0 Å². The van der Waals surface area contributed by atoms with E-state index in [9.17, 15) is 13.2 Å². The maximum absolute atomic E-state index is 12.6. The van der Waals surface area contributed by atoms with Crippen LogP contribution in [0.4, 0.5) is 11.4 Å². The van der Waals surface area contributed by atoms with Gasteiger partial charge in [-0.3, -0.25) is 9.10 Å². The third kappa shape index (κ3) is 4.33. The van der Waals surface area contributed by atoms with Crippen LogP contribution in [0.2, 0.25) is 0 Å². The molecule has 0 fully saturated rings. The Morgan fingerprint density at radius 3 is 2.52 bits per heavy atom. The van der Waals surface area contributed by atoms with Crippen molar-refractivity contribution >= 4 is 27.3 Å². The zero-order valence-corrected chi connectivity index (χ0v) is 16.8. The van der Waals surface area contributed by atoms with Crippen molar-refractivity contribution in [3.05, 3.63) is 59.2 Å². The highest BCUT2D eigenvalue weighted by atomic mass is 32.2. The Hall–Kier alpha value is -2.34. The summed E-state index contributed by atoms with van der Waals surface area (Å²) in [4.78, 5) is 12.6. The Morgan fingerprint density at radius 2 is 1.89 bits per heavy atom. The number of carbonyl (C=O) groups excluding carboxylic acids is 1. The molecule has 1 aliphatic rings. The van der Waals surface area contributed by atoms with E-state index < -0.39 is 10.0 Å². The van der Waals surface area contributed by atoms with Gasteiger partial charge in [-0.25, -0.2) is 8.42 Å². The lowest BCUT2D eigenvalue weighted by molar-refractivity contribution is 0.102. The highest BCUT2D eigenvalue weighted by Crippen LogP contribution is 2.34. The lowest BCUT2D eigenvalue weighted by atomic mass is 10.1. The minimum absolute atomic E-state index is 0.135. The number of hydrogen-bond acceptors (Lipinski definition) is 3. The van der Waals surface area contributed by atoms with Gasteiger partial charge in [-0.2, -0.15) is 0 Å². The van der Waals surface area contributed by atoms with Gasteiger partial charge in [0.25, 0.3) is 5.91 Å². The van der Waals surface area contributed by atoms with Crippen molar-refractivity contribution in [2.45, 2.75) is 45.6 Å². The summed E-state index contributed by atoms with van der Waals surface area (Å²) in [6.45, 7) is 4.04. The van der Waals surface area contributed by atoms with Crippen LogP contribution in [0.25, 0.3) is 0 Å². The summed E-state index contributed by atoms with van der Waals surface area (Å²) in [7, 11) is -3.32. The zero-order chi connectivity index (χ0) is 19.6. The lowest BCUT2D eigenvalue weighted by Crippen LogP contribution is -2.34. The van der Waals surface area contributed by atoms with Crippen molar-refractivity contribution < 1.29 is 13.2 Å². The Morgan fingerprint density at radius 1 is 1.19 bits per heavy atom. The zero-order valence-electron chi connectivity index (χ0n) is 16.0. The second-order valence-electron chi connectivity index (χ2n) is 7.21. The number of benzene rings is 2. The first-order valence-electron chi connectivity index (χ1n) is 9.32. The second-order valence-corrected chi connectivity index (χ2v) is 9.07. The molecule has 0 spiro atoms. The summed E-state index contributed by atoms with van der Waals surface area (Å²) in [5.74, 6) is -0.190. The number of aryl methyl sites for hydroxylation is 1. The van der Waals surface area contributed by atoms with Crippen molar-refractivity contribution in [2.75, 3.05) is 15.9 Å². The lowest BCUT2D eigenvalue weighted by Gasteiger charge is -2.21. The normalized spacial score (nSPS) is 16.3. The van der Waals surface area contributed by atoms with E-state index >= 15 is 0 Å². The van der Waals surface area contributed by atoms with Crippen LogP contribution in [0, 0.1) is 0 Å². The van der Waals surface area contributed by atoms with Crippen LogP contribution < -0.4 is 9.62 Å². The van der Waals surface area contributed by atoms with Crippen LogP contribution in [0.1, 0.15) is 48.2 Å². The highest BCUT2D eigenvalue weighted by molar-refractivity contribution is 7.92. The average Bonchev–Trinajstić information content (AvgIpc) is 2.96. The summed E-state index contributed by atoms with van der Waals surface area (Å²) in [5.41, 5.74) is 4.11. The number of fused-ring (bicyclic) bond motifs is 1. The van der Waals surface area contributed by atoms with Crippen LogP contribution in [0.5, 0.6) is 0 Å². The number of unbranched alkanes of at least 4 members (excludes halogenated alkanes) is 1. The molecule has 3 rings (SSSR count). The molecule has 0 bridgehead atoms. The molecule has 1 aliphatic heterocycles. The predicted octanol–water partition coefficient (Wildman–Crippen LogP) is 3.99. The van der Waals surface area contributed by atoms with E-state index in [-0.39, 0.29) is 11.9 Å². The Balaban J connectivity index is 1.74. The van der Waals surface area contributed by atoms with E-state index in [2.05, 4.69) is 12.2 Å². The standard InChI is InChI=1S/C21H26N2O3S/c1-4-5-6-16-7-10-19(11-8-16)22-21(24)17-9-12-20-18(14-17)13-15(2)23(20)27(3,25)26/h7-12,14-15H,4-6,13H2,1-3H3,(H,22,24)/t15-/m1/s1. The van der Waals surface area contributed by atoms with E-state index in [1.807, 2.05) is 31.2 Å². The Bertz CT molecular complexity index is 936. The molecule has 1 heterocycles. The van der Waals surface area contributed by atoms with E-state index in [0.29, 0.717) is 17.7 Å². The van der Waals surface area contributed by atoms with Crippen molar-refractivity contribution in [1.82, 2.24) is 0 Å². The number of carbonyl (C=O) groups is 1. The molecule has 27 heavy (non-hydrogen) atoms. The van der Waals surface area contributed by atoms with E-state index in [4.69, 9.17) is 0 Å². The third-order valence-corrected chi connectivity index (χ3v) is 6.15. The first-order chi connectivity index (χ1) is 12.8. The second kappa shape index (κ2) is 7.72. The molecule has 0 unspecified atom stereocenters. The smallest absolute Gasteiger partial charge is 0.255 e. The molecule has 0 radical (unpaired) electrons. The van der Waals surface area contributed by atoms with E-state index in [1.165, 1.54) is 16.1 Å². The molecular formula is C21H26N2O3S. The van der Waals surface area contributed by atoms with Gasteiger partial charge in [0.1, 0.15) is 0 Å². The summed E-state index contributed by atoms with van der Waals surface area (Å²) in [6, 6.07) is 13.0. The van der Waals surface area contributed by atoms with Crippen LogP contribution >= 0.6 is 0 Å². The van der Waals surface area contributed by atoms with Gasteiger partial charge < -0.3 is 5.32 Å². The van der Waals surface area contributed by atoms with Gasteiger partial charge in [0, 0.05) is 17.3 Å². The third-order valence-electron chi connectivity index (χ3n) is 4.88. The summed E-state index contributed by atoms with van der Waals surface area (Å²) < 4.78 is 25.4. The fourth-order valence-electron chi connectivity index (χ4n) is 3.59.